The van der Waals surface area contributed by atoms with E-state index in [2.05, 4.69) is 5.48 Å². The molecule has 5 nitrogen and oxygen atoms in total. The van der Waals surface area contributed by atoms with Gasteiger partial charge in [-0.1, -0.05) is 42.5 Å². The molecule has 0 aliphatic rings. The molecule has 3 aromatic carbocycles. The SMILES string of the molecule is O=C(NOc1ccccc1)c1cc2ccccc2n(-c2cccc(C(F)(F)F)c2)c1=O. The highest BCUT2D eigenvalue weighted by Gasteiger charge is 2.31. The lowest BCUT2D eigenvalue weighted by molar-refractivity contribution is -0.137. The Bertz CT molecular complexity index is 1320. The van der Waals surface area contributed by atoms with Crippen molar-refractivity contribution in [3.05, 3.63) is 106 Å². The highest BCUT2D eigenvalue weighted by Crippen LogP contribution is 2.30. The molecule has 0 unspecified atom stereocenters. The highest BCUT2D eigenvalue weighted by atomic mass is 19.4. The van der Waals surface area contributed by atoms with Crippen molar-refractivity contribution in [2.45, 2.75) is 6.18 Å². The number of amides is 1. The van der Waals surface area contributed by atoms with Crippen molar-refractivity contribution in [3.63, 3.8) is 0 Å². The molecular weight excluding hydrogens is 409 g/mol. The van der Waals surface area contributed by atoms with Crippen molar-refractivity contribution in [3.8, 4) is 11.4 Å². The van der Waals surface area contributed by atoms with Crippen LogP contribution in [0.15, 0.2) is 89.7 Å². The number of alkyl halides is 3. The van der Waals surface area contributed by atoms with Gasteiger partial charge in [-0.2, -0.15) is 18.7 Å². The van der Waals surface area contributed by atoms with Gasteiger partial charge >= 0.3 is 6.18 Å². The molecule has 0 saturated carbocycles. The number of nitrogens with one attached hydrogen (secondary N) is 1. The van der Waals surface area contributed by atoms with Gasteiger partial charge in [-0.15, -0.1) is 0 Å². The molecule has 1 N–H and O–H groups in total. The average Bonchev–Trinajstić information content (AvgIpc) is 2.77. The summed E-state index contributed by atoms with van der Waals surface area (Å²) in [5.41, 5.74) is 0.624. The number of nitrogens with zero attached hydrogens (tertiary/aromatic N) is 1. The lowest BCUT2D eigenvalue weighted by atomic mass is 10.1. The van der Waals surface area contributed by atoms with Crippen LogP contribution in [0.4, 0.5) is 13.2 Å². The molecule has 1 amide bonds. The first kappa shape index (κ1) is 20.2. The fourth-order valence-corrected chi connectivity index (χ4v) is 3.15. The number of hydrogen-bond donors (Lipinski definition) is 1. The third-order valence-electron chi connectivity index (χ3n) is 4.59. The van der Waals surface area contributed by atoms with Crippen molar-refractivity contribution in [2.24, 2.45) is 0 Å². The standard InChI is InChI=1S/C23H15F3N2O3/c24-23(25,26)16-8-6-9-17(14-16)28-20-12-5-4-7-15(20)13-19(22(28)30)21(29)27-31-18-10-2-1-3-11-18/h1-14H,(H,27,29). The Morgan fingerprint density at radius 1 is 0.871 bits per heavy atom. The third-order valence-corrected chi connectivity index (χ3v) is 4.59. The molecule has 4 rings (SSSR count). The van der Waals surface area contributed by atoms with Gasteiger partial charge in [0.1, 0.15) is 5.56 Å². The lowest BCUT2D eigenvalue weighted by Gasteiger charge is -2.15. The van der Waals surface area contributed by atoms with Gasteiger partial charge in [-0.3, -0.25) is 14.2 Å². The minimum atomic E-state index is -4.58. The molecule has 1 heterocycles. The molecule has 0 aliphatic heterocycles. The van der Waals surface area contributed by atoms with Gasteiger partial charge in [-0.25, -0.2) is 0 Å². The first-order valence-corrected chi connectivity index (χ1v) is 9.19. The second kappa shape index (κ2) is 7.98. The Hall–Kier alpha value is -4.07. The third kappa shape index (κ3) is 4.13. The van der Waals surface area contributed by atoms with Crippen molar-refractivity contribution in [1.82, 2.24) is 10.0 Å². The number of aromatic nitrogens is 1. The molecule has 156 valence electrons. The number of fused-ring (bicyclic) bond motifs is 1. The van der Waals surface area contributed by atoms with E-state index in [0.29, 0.717) is 16.7 Å². The lowest BCUT2D eigenvalue weighted by Crippen LogP contribution is -2.34. The van der Waals surface area contributed by atoms with Crippen LogP contribution in [0.1, 0.15) is 15.9 Å². The highest BCUT2D eigenvalue weighted by molar-refractivity contribution is 5.97. The number of carbonyl (C=O) groups excluding carboxylic acids is 1. The van der Waals surface area contributed by atoms with E-state index in [1.54, 1.807) is 54.6 Å². The van der Waals surface area contributed by atoms with Gasteiger partial charge < -0.3 is 4.84 Å². The van der Waals surface area contributed by atoms with E-state index in [-0.39, 0.29) is 11.3 Å². The minimum Gasteiger partial charge on any atom is -0.379 e. The predicted octanol–water partition coefficient (Wildman–Crippen LogP) is 4.73. The molecule has 1 aromatic heterocycles. The van der Waals surface area contributed by atoms with Crippen LogP contribution in [0.5, 0.6) is 5.75 Å². The van der Waals surface area contributed by atoms with Gasteiger partial charge in [0.25, 0.3) is 11.5 Å². The van der Waals surface area contributed by atoms with E-state index in [4.69, 9.17) is 4.84 Å². The fourth-order valence-electron chi connectivity index (χ4n) is 3.15. The molecular formula is C23H15F3N2O3. The van der Waals surface area contributed by atoms with E-state index in [9.17, 15) is 22.8 Å². The van der Waals surface area contributed by atoms with E-state index in [1.807, 2.05) is 0 Å². The maximum Gasteiger partial charge on any atom is 0.416 e. The second-order valence-corrected chi connectivity index (χ2v) is 6.65. The summed E-state index contributed by atoms with van der Waals surface area (Å²) in [6, 6.07) is 20.8. The molecule has 0 fully saturated rings. The molecule has 4 aromatic rings. The van der Waals surface area contributed by atoms with Crippen molar-refractivity contribution >= 4 is 16.8 Å². The summed E-state index contributed by atoms with van der Waals surface area (Å²) in [7, 11) is 0. The van der Waals surface area contributed by atoms with Crippen LogP contribution >= 0.6 is 0 Å². The minimum absolute atomic E-state index is 0.00495. The van der Waals surface area contributed by atoms with Gasteiger partial charge in [0.2, 0.25) is 0 Å². The number of para-hydroxylation sites is 2. The summed E-state index contributed by atoms with van der Waals surface area (Å²) < 4.78 is 40.7. The van der Waals surface area contributed by atoms with Gasteiger partial charge in [-0.05, 0) is 47.9 Å². The van der Waals surface area contributed by atoms with Crippen LogP contribution in [0.2, 0.25) is 0 Å². The van der Waals surface area contributed by atoms with E-state index in [1.165, 1.54) is 18.2 Å². The fraction of sp³-hybridized carbons (Fsp3) is 0.0435. The number of hydroxylamine groups is 1. The normalized spacial score (nSPS) is 11.3. The largest absolute Gasteiger partial charge is 0.416 e. The first-order chi connectivity index (χ1) is 14.8. The van der Waals surface area contributed by atoms with E-state index in [0.717, 1.165) is 16.7 Å². The number of hydrogen-bond acceptors (Lipinski definition) is 3. The summed E-state index contributed by atoms with van der Waals surface area (Å²) in [6.07, 6.45) is -4.58. The smallest absolute Gasteiger partial charge is 0.379 e. The molecule has 0 spiro atoms. The van der Waals surface area contributed by atoms with Crippen LogP contribution in [0, 0.1) is 0 Å². The summed E-state index contributed by atoms with van der Waals surface area (Å²) in [5.74, 6) is -0.463. The van der Waals surface area contributed by atoms with Crippen LogP contribution < -0.4 is 15.9 Å². The van der Waals surface area contributed by atoms with Crippen molar-refractivity contribution in [1.29, 1.82) is 0 Å². The monoisotopic (exact) mass is 424 g/mol. The molecule has 0 bridgehead atoms. The molecule has 8 heteroatoms. The van der Waals surface area contributed by atoms with Crippen molar-refractivity contribution in [2.75, 3.05) is 0 Å². The molecule has 0 saturated heterocycles. The number of benzene rings is 3. The van der Waals surface area contributed by atoms with Crippen LogP contribution in [0.25, 0.3) is 16.6 Å². The quantitative estimate of drug-likeness (QED) is 0.482. The molecule has 31 heavy (non-hydrogen) atoms. The zero-order valence-electron chi connectivity index (χ0n) is 15.9. The van der Waals surface area contributed by atoms with Gasteiger partial charge in [0.05, 0.1) is 11.1 Å². The number of halogens is 3. The second-order valence-electron chi connectivity index (χ2n) is 6.65. The summed E-state index contributed by atoms with van der Waals surface area (Å²) in [6.45, 7) is 0. The Labute approximate surface area is 174 Å². The van der Waals surface area contributed by atoms with Crippen LogP contribution in [0.3, 0.4) is 0 Å². The zero-order chi connectivity index (χ0) is 22.0. The molecule has 0 atom stereocenters. The number of pyridine rings is 1. The van der Waals surface area contributed by atoms with Gasteiger partial charge in [0, 0.05) is 5.69 Å². The molecule has 0 aliphatic carbocycles. The molecule has 0 radical (unpaired) electrons. The summed E-state index contributed by atoms with van der Waals surface area (Å²) in [4.78, 5) is 31.0. The van der Waals surface area contributed by atoms with Gasteiger partial charge in [0.15, 0.2) is 5.75 Å². The van der Waals surface area contributed by atoms with E-state index < -0.39 is 23.2 Å². The Kier molecular flexibility index (Phi) is 5.21. The number of rotatable bonds is 4. The first-order valence-electron chi connectivity index (χ1n) is 9.19. The topological polar surface area (TPSA) is 60.3 Å². The van der Waals surface area contributed by atoms with E-state index >= 15 is 0 Å². The summed E-state index contributed by atoms with van der Waals surface area (Å²) >= 11 is 0. The summed E-state index contributed by atoms with van der Waals surface area (Å²) in [5, 5.41) is 0.504. The van der Waals surface area contributed by atoms with Crippen LogP contribution in [-0.4, -0.2) is 10.5 Å². The zero-order valence-corrected chi connectivity index (χ0v) is 15.9. The number of carbonyl (C=O) groups is 1. The maximum absolute atomic E-state index is 13.2. The Morgan fingerprint density at radius 2 is 1.58 bits per heavy atom. The maximum atomic E-state index is 13.2. The van der Waals surface area contributed by atoms with Crippen LogP contribution in [-0.2, 0) is 6.18 Å². The average molecular weight is 424 g/mol. The van der Waals surface area contributed by atoms with Crippen molar-refractivity contribution < 1.29 is 22.8 Å². The predicted molar refractivity (Wildman–Crippen MR) is 109 cm³/mol. The Balaban J connectivity index is 1.82. The Morgan fingerprint density at radius 3 is 2.32 bits per heavy atom.